The van der Waals surface area contributed by atoms with Crippen LogP contribution in [0, 0.1) is 6.58 Å². The van der Waals surface area contributed by atoms with Crippen molar-refractivity contribution in [3.63, 3.8) is 0 Å². The Morgan fingerprint density at radius 1 is 1.55 bits per heavy atom. The summed E-state index contributed by atoms with van der Waals surface area (Å²) < 4.78 is 0. The van der Waals surface area contributed by atoms with Crippen LogP contribution in [0.4, 0.5) is 0 Å². The molecule has 0 aliphatic rings. The summed E-state index contributed by atoms with van der Waals surface area (Å²) in [5, 5.41) is 9.43. The van der Waals surface area contributed by atoms with E-state index in [1.807, 2.05) is 13.8 Å². The second-order valence-corrected chi connectivity index (χ2v) is 3.34. The van der Waals surface area contributed by atoms with Gasteiger partial charge in [0.1, 0.15) is 0 Å². The molecule has 63 valence electrons. The Morgan fingerprint density at radius 2 is 2.09 bits per heavy atom. The summed E-state index contributed by atoms with van der Waals surface area (Å²) in [5.74, 6) is 0. The number of allylic oxidation sites excluding steroid dienone is 2. The van der Waals surface area contributed by atoms with Gasteiger partial charge in [0.05, 0.1) is 5.60 Å². The summed E-state index contributed by atoms with van der Waals surface area (Å²) in [5.41, 5.74) is 0.462. The fourth-order valence-electron chi connectivity index (χ4n) is 0.736. The van der Waals surface area contributed by atoms with Crippen molar-refractivity contribution in [3.8, 4) is 0 Å². The molecule has 0 aliphatic carbocycles. The maximum atomic E-state index is 9.43. The van der Waals surface area contributed by atoms with Crippen LogP contribution >= 0.6 is 0 Å². The molecule has 0 saturated carbocycles. The SMILES string of the molecule is [CH]=C[C@@](C)(O)CCC=C(C)C. The molecule has 1 heteroatoms. The van der Waals surface area contributed by atoms with Gasteiger partial charge in [-0.15, -0.1) is 0 Å². The van der Waals surface area contributed by atoms with Crippen molar-refractivity contribution >= 4 is 0 Å². The van der Waals surface area contributed by atoms with Gasteiger partial charge in [0.15, 0.2) is 0 Å². The van der Waals surface area contributed by atoms with Gasteiger partial charge in [-0.2, -0.15) is 0 Å². The molecule has 0 spiro atoms. The van der Waals surface area contributed by atoms with Crippen LogP contribution in [0.1, 0.15) is 33.6 Å². The van der Waals surface area contributed by atoms with Gasteiger partial charge < -0.3 is 5.11 Å². The summed E-state index contributed by atoms with van der Waals surface area (Å²) in [6, 6.07) is 0. The lowest BCUT2D eigenvalue weighted by molar-refractivity contribution is 0.103. The van der Waals surface area contributed by atoms with Crippen LogP contribution < -0.4 is 0 Å². The van der Waals surface area contributed by atoms with Crippen molar-refractivity contribution in [2.45, 2.75) is 39.2 Å². The molecular weight excluding hydrogens is 136 g/mol. The molecule has 0 saturated heterocycles. The number of aliphatic hydroxyl groups is 1. The first-order valence-corrected chi connectivity index (χ1v) is 3.90. The molecule has 1 nitrogen and oxygen atoms in total. The van der Waals surface area contributed by atoms with Gasteiger partial charge in [0, 0.05) is 0 Å². The second-order valence-electron chi connectivity index (χ2n) is 3.34. The lowest BCUT2D eigenvalue weighted by Gasteiger charge is -2.16. The van der Waals surface area contributed by atoms with Crippen LogP contribution in [-0.2, 0) is 0 Å². The maximum Gasteiger partial charge on any atom is 0.0805 e. The minimum Gasteiger partial charge on any atom is -0.386 e. The molecule has 11 heavy (non-hydrogen) atoms. The van der Waals surface area contributed by atoms with E-state index in [0.717, 1.165) is 6.42 Å². The highest BCUT2D eigenvalue weighted by atomic mass is 16.3. The van der Waals surface area contributed by atoms with E-state index in [4.69, 9.17) is 6.58 Å². The van der Waals surface area contributed by atoms with Crippen LogP contribution in [0.5, 0.6) is 0 Å². The molecule has 0 unspecified atom stereocenters. The lowest BCUT2D eigenvalue weighted by atomic mass is 10.00. The topological polar surface area (TPSA) is 20.2 Å². The normalized spacial score (nSPS) is 15.3. The molecule has 1 radical (unpaired) electrons. The standard InChI is InChI=1S/C10H17O/c1-5-10(4,11)8-6-7-9(2)3/h1,5,7,11H,6,8H2,2-4H3/t10-/m1/s1. The number of hydrogen-bond donors (Lipinski definition) is 1. The summed E-state index contributed by atoms with van der Waals surface area (Å²) in [6.45, 7) is 11.0. The van der Waals surface area contributed by atoms with Crippen LogP contribution in [0.25, 0.3) is 0 Å². The van der Waals surface area contributed by atoms with Gasteiger partial charge in [-0.05, 0) is 33.6 Å². The zero-order valence-corrected chi connectivity index (χ0v) is 7.59. The highest BCUT2D eigenvalue weighted by Gasteiger charge is 2.12. The van der Waals surface area contributed by atoms with Crippen molar-refractivity contribution in [1.82, 2.24) is 0 Å². The van der Waals surface area contributed by atoms with E-state index in [-0.39, 0.29) is 0 Å². The molecule has 1 atom stereocenters. The van der Waals surface area contributed by atoms with Crippen LogP contribution in [0.3, 0.4) is 0 Å². The minimum atomic E-state index is -0.814. The molecule has 1 N–H and O–H groups in total. The van der Waals surface area contributed by atoms with Crippen molar-refractivity contribution in [2.75, 3.05) is 0 Å². The molecule has 0 amide bonds. The summed E-state index contributed by atoms with van der Waals surface area (Å²) in [4.78, 5) is 0. The Labute approximate surface area is 69.4 Å². The van der Waals surface area contributed by atoms with Gasteiger partial charge in [0.25, 0.3) is 0 Å². The van der Waals surface area contributed by atoms with E-state index in [1.54, 1.807) is 6.92 Å². The zero-order valence-electron chi connectivity index (χ0n) is 7.59. The fourth-order valence-corrected chi connectivity index (χ4v) is 0.736. The Kier molecular flexibility index (Phi) is 4.12. The largest absolute Gasteiger partial charge is 0.386 e. The smallest absolute Gasteiger partial charge is 0.0805 e. The monoisotopic (exact) mass is 153 g/mol. The zero-order chi connectivity index (χ0) is 8.91. The Morgan fingerprint density at radius 3 is 2.45 bits per heavy atom. The number of rotatable bonds is 4. The van der Waals surface area contributed by atoms with E-state index < -0.39 is 5.60 Å². The molecule has 0 aromatic rings. The predicted octanol–water partition coefficient (Wildman–Crippen LogP) is 2.47. The quantitative estimate of drug-likeness (QED) is 0.615. The van der Waals surface area contributed by atoms with Crippen molar-refractivity contribution < 1.29 is 5.11 Å². The van der Waals surface area contributed by atoms with E-state index in [0.29, 0.717) is 6.42 Å². The average molecular weight is 153 g/mol. The third-order valence-corrected chi connectivity index (χ3v) is 1.56. The minimum absolute atomic E-state index is 0.689. The van der Waals surface area contributed by atoms with Gasteiger partial charge in [-0.1, -0.05) is 24.3 Å². The molecule has 0 aromatic heterocycles. The molecular formula is C10H17O. The first-order valence-electron chi connectivity index (χ1n) is 3.90. The third-order valence-electron chi connectivity index (χ3n) is 1.56. The molecule has 0 rings (SSSR count). The first kappa shape index (κ1) is 10.4. The molecule has 0 bridgehead atoms. The van der Waals surface area contributed by atoms with Gasteiger partial charge in [-0.3, -0.25) is 0 Å². The molecule has 0 fully saturated rings. The Hall–Kier alpha value is -0.560. The molecule has 0 heterocycles. The average Bonchev–Trinajstić information content (AvgIpc) is 1.87. The fraction of sp³-hybridized carbons (Fsp3) is 0.600. The van der Waals surface area contributed by atoms with Gasteiger partial charge in [0.2, 0.25) is 0 Å². The summed E-state index contributed by atoms with van der Waals surface area (Å²) >= 11 is 0. The van der Waals surface area contributed by atoms with E-state index in [1.165, 1.54) is 11.6 Å². The van der Waals surface area contributed by atoms with Gasteiger partial charge in [-0.25, -0.2) is 0 Å². The van der Waals surface area contributed by atoms with Crippen molar-refractivity contribution in [3.05, 3.63) is 24.3 Å². The van der Waals surface area contributed by atoms with Gasteiger partial charge >= 0.3 is 0 Å². The van der Waals surface area contributed by atoms with E-state index >= 15 is 0 Å². The third kappa shape index (κ3) is 5.86. The predicted molar refractivity (Wildman–Crippen MR) is 48.2 cm³/mol. The maximum absolute atomic E-state index is 9.43. The van der Waals surface area contributed by atoms with E-state index in [2.05, 4.69) is 6.08 Å². The summed E-state index contributed by atoms with van der Waals surface area (Å²) in [7, 11) is 0. The van der Waals surface area contributed by atoms with Crippen LogP contribution in [0.15, 0.2) is 17.7 Å². The summed E-state index contributed by atoms with van der Waals surface area (Å²) in [6.07, 6.45) is 5.00. The van der Waals surface area contributed by atoms with Crippen molar-refractivity contribution in [2.24, 2.45) is 0 Å². The molecule has 0 aliphatic heterocycles. The van der Waals surface area contributed by atoms with E-state index in [9.17, 15) is 5.11 Å². The second kappa shape index (κ2) is 4.35. The van der Waals surface area contributed by atoms with Crippen molar-refractivity contribution in [1.29, 1.82) is 0 Å². The highest BCUT2D eigenvalue weighted by molar-refractivity contribution is 4.97. The van der Waals surface area contributed by atoms with Crippen LogP contribution in [-0.4, -0.2) is 10.7 Å². The van der Waals surface area contributed by atoms with Crippen LogP contribution in [0.2, 0.25) is 0 Å². The number of hydrogen-bond acceptors (Lipinski definition) is 1. The lowest BCUT2D eigenvalue weighted by Crippen LogP contribution is -2.19. The Balaban J connectivity index is 3.71. The highest BCUT2D eigenvalue weighted by Crippen LogP contribution is 2.13. The molecule has 0 aromatic carbocycles. The Bertz CT molecular complexity index is 150. The first-order chi connectivity index (χ1) is 4.98.